The third-order valence-corrected chi connectivity index (χ3v) is 1.41. The minimum absolute atomic E-state index is 0.375. The molecule has 1 unspecified atom stereocenters. The second-order valence-electron chi connectivity index (χ2n) is 2.44. The van der Waals surface area contributed by atoms with Crippen LogP contribution in [0.5, 0.6) is 0 Å². The van der Waals surface area contributed by atoms with Crippen LogP contribution >= 0.6 is 12.6 Å². The number of likely N-dealkylation sites (N-methyl/N-ethyl adjacent to an activating group) is 1. The highest BCUT2D eigenvalue weighted by atomic mass is 32.1. The van der Waals surface area contributed by atoms with E-state index in [-0.39, 0.29) is 5.62 Å². The van der Waals surface area contributed by atoms with Gasteiger partial charge in [-0.1, -0.05) is 0 Å². The molecule has 1 atom stereocenters. The van der Waals surface area contributed by atoms with Gasteiger partial charge >= 0.3 is 0 Å². The third-order valence-electron chi connectivity index (χ3n) is 1.11. The fraction of sp³-hybridized carbons (Fsp3) is 1.00. The molecule has 0 bridgehead atoms. The van der Waals surface area contributed by atoms with Gasteiger partial charge in [-0.05, 0) is 21.0 Å². The smallest absolute Gasteiger partial charge is 0.204 e. The molecule has 0 radical (unpaired) electrons. The fourth-order valence-corrected chi connectivity index (χ4v) is 0.781. The summed E-state index contributed by atoms with van der Waals surface area (Å²) in [5.41, 5.74) is -0.375. The highest BCUT2D eigenvalue weighted by molar-refractivity contribution is 7.80. The van der Waals surface area contributed by atoms with E-state index in [1.54, 1.807) is 0 Å². The van der Waals surface area contributed by atoms with Gasteiger partial charge in [-0.25, -0.2) is 0 Å². The topological polar surface area (TPSA) is 21.7 Å². The minimum Gasteiger partial charge on any atom is -0.344 e. The number of thiol groups is 1. The first-order valence-corrected chi connectivity index (χ1v) is 4.24. The van der Waals surface area contributed by atoms with Crippen molar-refractivity contribution in [1.82, 2.24) is 4.90 Å². The predicted octanol–water partition coefficient (Wildman–Crippen LogP) is 0.815. The van der Waals surface area contributed by atoms with Gasteiger partial charge < -0.3 is 14.4 Å². The van der Waals surface area contributed by atoms with E-state index in [2.05, 4.69) is 12.6 Å². The molecule has 0 aliphatic heterocycles. The zero-order valence-electron chi connectivity index (χ0n) is 7.41. The highest BCUT2D eigenvalue weighted by Gasteiger charge is 2.00. The molecular formula is C7H17NO2S. The number of hydrogen-bond acceptors (Lipinski definition) is 4. The molecule has 11 heavy (non-hydrogen) atoms. The van der Waals surface area contributed by atoms with E-state index in [9.17, 15) is 0 Å². The van der Waals surface area contributed by atoms with Crippen molar-refractivity contribution in [2.24, 2.45) is 0 Å². The summed E-state index contributed by atoms with van der Waals surface area (Å²) in [4.78, 5) is 2.05. The molecule has 0 amide bonds. The average Bonchev–Trinajstić information content (AvgIpc) is 1.87. The molecule has 0 aromatic carbocycles. The molecule has 0 saturated carbocycles. The minimum atomic E-state index is -0.375. The van der Waals surface area contributed by atoms with Gasteiger partial charge in [-0.3, -0.25) is 0 Å². The molecule has 0 N–H and O–H groups in total. The molecule has 0 heterocycles. The van der Waals surface area contributed by atoms with Crippen molar-refractivity contribution < 1.29 is 9.47 Å². The number of hydrogen-bond donors (Lipinski definition) is 1. The molecule has 0 rings (SSSR count). The Kier molecular flexibility index (Phi) is 7.06. The molecule has 0 fully saturated rings. The summed E-state index contributed by atoms with van der Waals surface area (Å²) < 4.78 is 10.2. The van der Waals surface area contributed by atoms with Gasteiger partial charge in [0.2, 0.25) is 5.62 Å². The lowest BCUT2D eigenvalue weighted by Crippen LogP contribution is -2.21. The van der Waals surface area contributed by atoms with E-state index in [4.69, 9.17) is 9.47 Å². The van der Waals surface area contributed by atoms with E-state index in [0.29, 0.717) is 13.2 Å². The van der Waals surface area contributed by atoms with Gasteiger partial charge in [0, 0.05) is 13.2 Å². The maximum absolute atomic E-state index is 5.19. The van der Waals surface area contributed by atoms with Crippen LogP contribution in [0.3, 0.4) is 0 Å². The lowest BCUT2D eigenvalue weighted by Gasteiger charge is -2.14. The van der Waals surface area contributed by atoms with E-state index in [1.807, 2.05) is 25.9 Å². The SMILES string of the molecule is CCOC(S)OCCN(C)C. The van der Waals surface area contributed by atoms with Crippen LogP contribution in [-0.2, 0) is 9.47 Å². The average molecular weight is 179 g/mol. The normalized spacial score (nSPS) is 13.9. The summed E-state index contributed by atoms with van der Waals surface area (Å²) in [7, 11) is 4.00. The molecule has 0 aromatic rings. The van der Waals surface area contributed by atoms with E-state index < -0.39 is 0 Å². The number of ether oxygens (including phenoxy) is 2. The molecule has 0 aromatic heterocycles. The number of rotatable bonds is 6. The molecule has 0 spiro atoms. The van der Waals surface area contributed by atoms with Crippen molar-refractivity contribution in [3.63, 3.8) is 0 Å². The van der Waals surface area contributed by atoms with Gasteiger partial charge in [0.15, 0.2) is 0 Å². The van der Waals surface area contributed by atoms with E-state index >= 15 is 0 Å². The van der Waals surface area contributed by atoms with Crippen molar-refractivity contribution in [2.45, 2.75) is 12.5 Å². The lowest BCUT2D eigenvalue weighted by atomic mass is 10.6. The summed E-state index contributed by atoms with van der Waals surface area (Å²) in [6.07, 6.45) is 0. The van der Waals surface area contributed by atoms with Gasteiger partial charge in [-0.2, -0.15) is 0 Å². The van der Waals surface area contributed by atoms with Crippen molar-refractivity contribution in [1.29, 1.82) is 0 Å². The Hall–Kier alpha value is 0.230. The third kappa shape index (κ3) is 8.13. The molecule has 0 aliphatic carbocycles. The predicted molar refractivity (Wildman–Crippen MR) is 48.9 cm³/mol. The Morgan fingerprint density at radius 1 is 1.36 bits per heavy atom. The molecule has 3 nitrogen and oxygen atoms in total. The second kappa shape index (κ2) is 6.91. The first-order chi connectivity index (χ1) is 5.16. The van der Waals surface area contributed by atoms with Crippen LogP contribution in [0, 0.1) is 0 Å². The van der Waals surface area contributed by atoms with Gasteiger partial charge in [0.25, 0.3) is 0 Å². The second-order valence-corrected chi connectivity index (χ2v) is 2.86. The fourth-order valence-electron chi connectivity index (χ4n) is 0.527. The molecule has 68 valence electrons. The van der Waals surface area contributed by atoms with Crippen LogP contribution in [0.2, 0.25) is 0 Å². The maximum atomic E-state index is 5.19. The Labute approximate surface area is 74.1 Å². The Morgan fingerprint density at radius 2 is 2.00 bits per heavy atom. The molecular weight excluding hydrogens is 162 g/mol. The largest absolute Gasteiger partial charge is 0.344 e. The summed E-state index contributed by atoms with van der Waals surface area (Å²) in [5.74, 6) is 0. The standard InChI is InChI=1S/C7H17NO2S/c1-4-9-7(11)10-6-5-8(2)3/h7,11H,4-6H2,1-3H3. The monoisotopic (exact) mass is 179 g/mol. The number of nitrogens with zero attached hydrogens (tertiary/aromatic N) is 1. The zero-order valence-corrected chi connectivity index (χ0v) is 8.30. The summed E-state index contributed by atoms with van der Waals surface area (Å²) in [5, 5.41) is 0. The lowest BCUT2D eigenvalue weighted by molar-refractivity contribution is -0.0789. The molecule has 4 heteroatoms. The van der Waals surface area contributed by atoms with Gasteiger partial charge in [0.05, 0.1) is 6.61 Å². The van der Waals surface area contributed by atoms with Crippen molar-refractivity contribution in [3.8, 4) is 0 Å². The highest BCUT2D eigenvalue weighted by Crippen LogP contribution is 1.98. The van der Waals surface area contributed by atoms with Crippen molar-refractivity contribution in [2.75, 3.05) is 33.9 Å². The van der Waals surface area contributed by atoms with Crippen LogP contribution in [0.25, 0.3) is 0 Å². The van der Waals surface area contributed by atoms with Crippen molar-refractivity contribution >= 4 is 12.6 Å². The first-order valence-electron chi connectivity index (χ1n) is 3.72. The zero-order chi connectivity index (χ0) is 8.69. The van der Waals surface area contributed by atoms with Gasteiger partial charge in [-0.15, -0.1) is 12.6 Å². The van der Waals surface area contributed by atoms with Crippen LogP contribution in [0.4, 0.5) is 0 Å². The molecule has 0 aliphatic rings. The Balaban J connectivity index is 3.10. The van der Waals surface area contributed by atoms with Crippen LogP contribution in [-0.4, -0.2) is 44.4 Å². The molecule has 0 saturated heterocycles. The maximum Gasteiger partial charge on any atom is 0.204 e. The van der Waals surface area contributed by atoms with E-state index in [1.165, 1.54) is 0 Å². The van der Waals surface area contributed by atoms with Crippen LogP contribution < -0.4 is 0 Å². The van der Waals surface area contributed by atoms with Crippen molar-refractivity contribution in [3.05, 3.63) is 0 Å². The first kappa shape index (κ1) is 11.2. The van der Waals surface area contributed by atoms with E-state index in [0.717, 1.165) is 6.54 Å². The Morgan fingerprint density at radius 3 is 2.45 bits per heavy atom. The summed E-state index contributed by atoms with van der Waals surface area (Å²) >= 11 is 4.05. The Bertz CT molecular complexity index is 90.5. The quantitative estimate of drug-likeness (QED) is 0.482. The van der Waals surface area contributed by atoms with Gasteiger partial charge in [0.1, 0.15) is 0 Å². The summed E-state index contributed by atoms with van der Waals surface area (Å²) in [6, 6.07) is 0. The van der Waals surface area contributed by atoms with Crippen LogP contribution in [0.1, 0.15) is 6.92 Å². The summed E-state index contributed by atoms with van der Waals surface area (Å²) in [6.45, 7) is 4.10. The van der Waals surface area contributed by atoms with Crippen LogP contribution in [0.15, 0.2) is 0 Å².